The topological polar surface area (TPSA) is 92.6 Å². The van der Waals surface area contributed by atoms with Crippen molar-refractivity contribution in [3.8, 4) is 0 Å². The summed E-state index contributed by atoms with van der Waals surface area (Å²) in [6.07, 6.45) is 0. The van der Waals surface area contributed by atoms with Crippen molar-refractivity contribution in [3.05, 3.63) is 104 Å². The van der Waals surface area contributed by atoms with Crippen LogP contribution in [0.15, 0.2) is 66.7 Å². The molecule has 3 aromatic rings. The summed E-state index contributed by atoms with van der Waals surface area (Å²) in [6.45, 7) is 1.32. The highest BCUT2D eigenvalue weighted by Gasteiger charge is 2.35. The van der Waals surface area contributed by atoms with Crippen LogP contribution in [-0.4, -0.2) is 28.2 Å². The molecule has 1 aliphatic heterocycles. The van der Waals surface area contributed by atoms with Crippen LogP contribution in [0.4, 0.5) is 11.4 Å². The Hall–Kier alpha value is -3.71. The molecule has 8 heteroatoms. The Labute approximate surface area is 183 Å². The Morgan fingerprint density at radius 3 is 2.58 bits per heavy atom. The fraction of sp³-hybridized carbons (Fsp3) is 0.130. The summed E-state index contributed by atoms with van der Waals surface area (Å²) in [7, 11) is 0. The molecule has 3 aromatic carbocycles. The molecule has 7 nitrogen and oxygen atoms in total. The van der Waals surface area contributed by atoms with Crippen molar-refractivity contribution in [1.29, 1.82) is 0 Å². The van der Waals surface area contributed by atoms with E-state index in [-0.39, 0.29) is 29.3 Å². The van der Waals surface area contributed by atoms with Crippen LogP contribution in [0.25, 0.3) is 0 Å². The molecule has 1 aliphatic rings. The number of nitro benzene ring substituents is 1. The van der Waals surface area contributed by atoms with E-state index in [4.69, 9.17) is 11.6 Å². The Balaban J connectivity index is 1.91. The molecule has 0 bridgehead atoms. The number of nitrogens with zero attached hydrogens (tertiary/aromatic N) is 2. The van der Waals surface area contributed by atoms with Crippen molar-refractivity contribution >= 4 is 34.8 Å². The first-order valence-corrected chi connectivity index (χ1v) is 9.94. The number of amides is 2. The van der Waals surface area contributed by atoms with E-state index in [1.807, 2.05) is 30.3 Å². The van der Waals surface area contributed by atoms with Gasteiger partial charge in [0.2, 0.25) is 5.91 Å². The highest BCUT2D eigenvalue weighted by atomic mass is 35.5. The average molecular weight is 436 g/mol. The van der Waals surface area contributed by atoms with Gasteiger partial charge in [0.25, 0.3) is 11.6 Å². The third kappa shape index (κ3) is 3.87. The number of anilines is 1. The van der Waals surface area contributed by atoms with E-state index >= 15 is 0 Å². The third-order valence-corrected chi connectivity index (χ3v) is 5.55. The van der Waals surface area contributed by atoms with Gasteiger partial charge < -0.3 is 10.2 Å². The summed E-state index contributed by atoms with van der Waals surface area (Å²) in [6, 6.07) is 18.1. The van der Waals surface area contributed by atoms with E-state index in [9.17, 15) is 19.7 Å². The highest BCUT2D eigenvalue weighted by molar-refractivity contribution is 6.30. The van der Waals surface area contributed by atoms with Crippen LogP contribution in [0.2, 0.25) is 5.02 Å². The average Bonchev–Trinajstić information content (AvgIpc) is 2.89. The van der Waals surface area contributed by atoms with Crippen LogP contribution in [0, 0.1) is 17.0 Å². The van der Waals surface area contributed by atoms with Crippen LogP contribution in [0.1, 0.15) is 33.1 Å². The third-order valence-electron chi connectivity index (χ3n) is 5.32. The standard InChI is InChI=1S/C23H18ClN3O4/c1-14-17(8-5-9-20(14)27(30)31)23(29)26-13-21(28)25-19-11-10-16(24)12-18(19)22(26)15-6-3-2-4-7-15/h2-12,22H,13H2,1H3,(H,25,28). The number of carbonyl (C=O) groups excluding carboxylic acids is 2. The van der Waals surface area contributed by atoms with Gasteiger partial charge in [-0.15, -0.1) is 0 Å². The molecule has 156 valence electrons. The minimum Gasteiger partial charge on any atom is -0.324 e. The molecule has 0 spiro atoms. The van der Waals surface area contributed by atoms with E-state index in [0.29, 0.717) is 16.3 Å². The molecule has 0 saturated carbocycles. The van der Waals surface area contributed by atoms with Crippen molar-refractivity contribution < 1.29 is 14.5 Å². The zero-order chi connectivity index (χ0) is 22.1. The number of hydrogen-bond acceptors (Lipinski definition) is 4. The predicted octanol–water partition coefficient (Wildman–Crippen LogP) is 4.74. The van der Waals surface area contributed by atoms with E-state index in [0.717, 1.165) is 5.56 Å². The molecule has 2 amide bonds. The number of hydrogen-bond donors (Lipinski definition) is 1. The molecule has 0 fully saturated rings. The smallest absolute Gasteiger partial charge is 0.273 e. The summed E-state index contributed by atoms with van der Waals surface area (Å²) in [4.78, 5) is 38.6. The summed E-state index contributed by atoms with van der Waals surface area (Å²) in [5, 5.41) is 14.7. The summed E-state index contributed by atoms with van der Waals surface area (Å²) < 4.78 is 0. The summed E-state index contributed by atoms with van der Waals surface area (Å²) >= 11 is 6.25. The fourth-order valence-electron chi connectivity index (χ4n) is 3.87. The number of rotatable bonds is 3. The molecule has 0 aliphatic carbocycles. The van der Waals surface area contributed by atoms with Crippen molar-refractivity contribution in [2.24, 2.45) is 0 Å². The van der Waals surface area contributed by atoms with Gasteiger partial charge in [-0.1, -0.05) is 48.0 Å². The first kappa shape index (κ1) is 20.6. The highest BCUT2D eigenvalue weighted by Crippen LogP contribution is 2.38. The van der Waals surface area contributed by atoms with Gasteiger partial charge in [0, 0.05) is 33.5 Å². The molecule has 0 radical (unpaired) electrons. The van der Waals surface area contributed by atoms with Gasteiger partial charge in [-0.2, -0.15) is 0 Å². The van der Waals surface area contributed by atoms with Crippen molar-refractivity contribution in [3.63, 3.8) is 0 Å². The van der Waals surface area contributed by atoms with Gasteiger partial charge in [0.15, 0.2) is 0 Å². The zero-order valence-corrected chi connectivity index (χ0v) is 17.3. The van der Waals surface area contributed by atoms with Gasteiger partial charge in [0.05, 0.1) is 11.0 Å². The van der Waals surface area contributed by atoms with Crippen LogP contribution in [0.5, 0.6) is 0 Å². The number of halogens is 1. The summed E-state index contributed by atoms with van der Waals surface area (Å²) in [5.41, 5.74) is 2.30. The molecule has 31 heavy (non-hydrogen) atoms. The van der Waals surface area contributed by atoms with Gasteiger partial charge in [0.1, 0.15) is 6.54 Å². The predicted molar refractivity (Wildman–Crippen MR) is 117 cm³/mol. The van der Waals surface area contributed by atoms with Crippen LogP contribution < -0.4 is 5.32 Å². The van der Waals surface area contributed by atoms with E-state index in [1.54, 1.807) is 18.2 Å². The van der Waals surface area contributed by atoms with Gasteiger partial charge in [-0.05, 0) is 36.8 Å². The molecular weight excluding hydrogens is 418 g/mol. The quantitative estimate of drug-likeness (QED) is 0.475. The monoisotopic (exact) mass is 435 g/mol. The number of nitro groups is 1. The lowest BCUT2D eigenvalue weighted by molar-refractivity contribution is -0.385. The zero-order valence-electron chi connectivity index (χ0n) is 16.5. The Kier molecular flexibility index (Phi) is 5.44. The van der Waals surface area contributed by atoms with Crippen molar-refractivity contribution in [2.45, 2.75) is 13.0 Å². The molecule has 1 atom stereocenters. The lowest BCUT2D eigenvalue weighted by Gasteiger charge is -2.31. The second kappa shape index (κ2) is 8.20. The van der Waals surface area contributed by atoms with Gasteiger partial charge in [-0.3, -0.25) is 19.7 Å². The first-order valence-electron chi connectivity index (χ1n) is 9.56. The maximum Gasteiger partial charge on any atom is 0.273 e. The van der Waals surface area contributed by atoms with E-state index in [1.165, 1.54) is 30.0 Å². The van der Waals surface area contributed by atoms with Crippen LogP contribution >= 0.6 is 11.6 Å². The molecule has 1 N–H and O–H groups in total. The fourth-order valence-corrected chi connectivity index (χ4v) is 4.05. The maximum atomic E-state index is 13.7. The largest absolute Gasteiger partial charge is 0.324 e. The molecule has 0 aromatic heterocycles. The Morgan fingerprint density at radius 1 is 1.13 bits per heavy atom. The van der Waals surface area contributed by atoms with E-state index < -0.39 is 16.9 Å². The molecule has 4 rings (SSSR count). The Bertz CT molecular complexity index is 1200. The maximum absolute atomic E-state index is 13.7. The lowest BCUT2D eigenvalue weighted by Crippen LogP contribution is -2.39. The second-order valence-corrected chi connectivity index (χ2v) is 7.67. The molecular formula is C23H18ClN3O4. The first-order chi connectivity index (χ1) is 14.9. The van der Waals surface area contributed by atoms with E-state index in [2.05, 4.69) is 5.32 Å². The number of carbonyl (C=O) groups is 2. The molecule has 1 heterocycles. The van der Waals surface area contributed by atoms with Crippen LogP contribution in [0.3, 0.4) is 0 Å². The second-order valence-electron chi connectivity index (χ2n) is 7.23. The van der Waals surface area contributed by atoms with Gasteiger partial charge >= 0.3 is 0 Å². The lowest BCUT2D eigenvalue weighted by atomic mass is 9.94. The van der Waals surface area contributed by atoms with Crippen LogP contribution in [-0.2, 0) is 4.79 Å². The minimum absolute atomic E-state index is 0.148. The minimum atomic E-state index is -0.611. The molecule has 1 unspecified atom stereocenters. The SMILES string of the molecule is Cc1c(C(=O)N2CC(=O)Nc3ccc(Cl)cc3C2c2ccccc2)cccc1[N+](=O)[O-]. The van der Waals surface area contributed by atoms with Crippen molar-refractivity contribution in [2.75, 3.05) is 11.9 Å². The Morgan fingerprint density at radius 2 is 1.87 bits per heavy atom. The van der Waals surface area contributed by atoms with Gasteiger partial charge in [-0.25, -0.2) is 0 Å². The normalized spacial score (nSPS) is 15.6. The summed E-state index contributed by atoms with van der Waals surface area (Å²) in [5.74, 6) is -0.837. The number of benzene rings is 3. The number of nitrogens with one attached hydrogen (secondary N) is 1. The molecule has 0 saturated heterocycles. The number of fused-ring (bicyclic) bond motifs is 1. The van der Waals surface area contributed by atoms with Crippen molar-refractivity contribution in [1.82, 2.24) is 4.90 Å².